The van der Waals surface area contributed by atoms with Crippen LogP contribution in [0.25, 0.3) is 0 Å². The molecule has 2 aliphatic carbocycles. The third-order valence-corrected chi connectivity index (χ3v) is 5.48. The number of carbonyl (C=O) groups excluding carboxylic acids is 1. The third-order valence-electron chi connectivity index (χ3n) is 5.48. The molecule has 0 spiro atoms. The molecule has 0 saturated heterocycles. The highest BCUT2D eigenvalue weighted by molar-refractivity contribution is 5.96. The van der Waals surface area contributed by atoms with Gasteiger partial charge in [0.1, 0.15) is 11.9 Å². The highest BCUT2D eigenvalue weighted by Crippen LogP contribution is 2.29. The first-order chi connectivity index (χ1) is 12.8. The summed E-state index contributed by atoms with van der Waals surface area (Å²) in [5.41, 5.74) is 2.70. The van der Waals surface area contributed by atoms with Crippen LogP contribution in [0.4, 0.5) is 0 Å². The van der Waals surface area contributed by atoms with Crippen LogP contribution in [-0.4, -0.2) is 32.8 Å². The normalized spacial score (nSPS) is 17.1. The Morgan fingerprint density at radius 3 is 2.92 bits per heavy atom. The van der Waals surface area contributed by atoms with Gasteiger partial charge in [-0.05, 0) is 43.7 Å². The minimum atomic E-state index is -0.178. The minimum Gasteiger partial charge on any atom is -0.480 e. The van der Waals surface area contributed by atoms with E-state index >= 15 is 0 Å². The van der Waals surface area contributed by atoms with Gasteiger partial charge in [0.15, 0.2) is 5.82 Å². The molecule has 0 aliphatic heterocycles. The Kier molecular flexibility index (Phi) is 4.86. The number of methoxy groups -OCH3 is 1. The van der Waals surface area contributed by atoms with E-state index in [4.69, 9.17) is 4.74 Å². The van der Waals surface area contributed by atoms with E-state index in [-0.39, 0.29) is 5.91 Å². The summed E-state index contributed by atoms with van der Waals surface area (Å²) in [4.78, 5) is 17.2. The van der Waals surface area contributed by atoms with Gasteiger partial charge in [0.25, 0.3) is 5.91 Å². The van der Waals surface area contributed by atoms with Gasteiger partial charge in [0, 0.05) is 11.7 Å². The Morgan fingerprint density at radius 1 is 1.27 bits per heavy atom. The van der Waals surface area contributed by atoms with E-state index in [2.05, 4.69) is 25.1 Å². The van der Waals surface area contributed by atoms with Crippen molar-refractivity contribution in [3.05, 3.63) is 35.0 Å². The quantitative estimate of drug-likeness (QED) is 0.891. The van der Waals surface area contributed by atoms with Crippen LogP contribution in [-0.2, 0) is 19.4 Å². The van der Waals surface area contributed by atoms with Crippen molar-refractivity contribution in [3.8, 4) is 5.88 Å². The molecule has 0 bridgehead atoms. The van der Waals surface area contributed by atoms with Crippen LogP contribution in [0.5, 0.6) is 5.88 Å². The van der Waals surface area contributed by atoms with E-state index in [9.17, 15) is 4.79 Å². The standard InChI is InChI=1S/C19H25N5O2/c1-26-19-15(10-13-6-5-9-16(13)22-19)18(25)20-11-17-23-21-12-24(17)14-7-3-2-4-8-14/h10,12,14H,2-9,11H2,1H3,(H,20,25). The number of rotatable bonds is 5. The first-order valence-electron chi connectivity index (χ1n) is 9.49. The number of amides is 1. The predicted octanol–water partition coefficient (Wildman–Crippen LogP) is 2.61. The lowest BCUT2D eigenvalue weighted by atomic mass is 9.95. The molecule has 2 aromatic rings. The van der Waals surface area contributed by atoms with Crippen LogP contribution in [0.15, 0.2) is 12.4 Å². The van der Waals surface area contributed by atoms with Gasteiger partial charge in [-0.3, -0.25) is 4.79 Å². The molecule has 0 radical (unpaired) electrons. The summed E-state index contributed by atoms with van der Waals surface area (Å²) in [6.07, 6.45) is 10.9. The second-order valence-corrected chi connectivity index (χ2v) is 7.13. The Labute approximate surface area is 153 Å². The number of carbonyl (C=O) groups is 1. The Hall–Kier alpha value is -2.44. The van der Waals surface area contributed by atoms with Crippen molar-refractivity contribution < 1.29 is 9.53 Å². The Bertz CT molecular complexity index is 795. The van der Waals surface area contributed by atoms with Gasteiger partial charge in [-0.2, -0.15) is 0 Å². The summed E-state index contributed by atoms with van der Waals surface area (Å²) in [6, 6.07) is 2.37. The van der Waals surface area contributed by atoms with Gasteiger partial charge in [-0.25, -0.2) is 4.98 Å². The number of aromatic nitrogens is 4. The zero-order chi connectivity index (χ0) is 17.9. The molecule has 1 saturated carbocycles. The van der Waals surface area contributed by atoms with Crippen molar-refractivity contribution >= 4 is 5.91 Å². The lowest BCUT2D eigenvalue weighted by Gasteiger charge is -2.24. The fourth-order valence-electron chi connectivity index (χ4n) is 4.08. The van der Waals surface area contributed by atoms with Gasteiger partial charge in [0.05, 0.1) is 13.7 Å². The third kappa shape index (κ3) is 3.30. The number of hydrogen-bond donors (Lipinski definition) is 1. The first kappa shape index (κ1) is 17.0. The smallest absolute Gasteiger partial charge is 0.257 e. The zero-order valence-electron chi connectivity index (χ0n) is 15.2. The maximum Gasteiger partial charge on any atom is 0.257 e. The number of nitrogens with zero attached hydrogens (tertiary/aromatic N) is 4. The Morgan fingerprint density at radius 2 is 2.12 bits per heavy atom. The van der Waals surface area contributed by atoms with Crippen molar-refractivity contribution in [3.63, 3.8) is 0 Å². The van der Waals surface area contributed by atoms with Gasteiger partial charge < -0.3 is 14.6 Å². The van der Waals surface area contributed by atoms with Gasteiger partial charge >= 0.3 is 0 Å². The monoisotopic (exact) mass is 355 g/mol. The summed E-state index contributed by atoms with van der Waals surface area (Å²) >= 11 is 0. The molecule has 4 rings (SSSR count). The van der Waals surface area contributed by atoms with Gasteiger partial charge in [0.2, 0.25) is 5.88 Å². The van der Waals surface area contributed by atoms with Crippen LogP contribution in [0, 0.1) is 0 Å². The van der Waals surface area contributed by atoms with Crippen molar-refractivity contribution in [1.29, 1.82) is 0 Å². The van der Waals surface area contributed by atoms with E-state index in [0.717, 1.165) is 49.2 Å². The first-order valence-corrected chi connectivity index (χ1v) is 9.49. The van der Waals surface area contributed by atoms with Crippen LogP contribution >= 0.6 is 0 Å². The fourth-order valence-corrected chi connectivity index (χ4v) is 4.08. The molecule has 138 valence electrons. The second kappa shape index (κ2) is 7.43. The van der Waals surface area contributed by atoms with Crippen molar-refractivity contribution in [1.82, 2.24) is 25.1 Å². The number of nitrogens with one attached hydrogen (secondary N) is 1. The van der Waals surface area contributed by atoms with Crippen molar-refractivity contribution in [2.75, 3.05) is 7.11 Å². The summed E-state index contributed by atoms with van der Waals surface area (Å²) in [5.74, 6) is 1.03. The number of fused-ring (bicyclic) bond motifs is 1. The second-order valence-electron chi connectivity index (χ2n) is 7.13. The molecule has 1 amide bonds. The van der Waals surface area contributed by atoms with Gasteiger partial charge in [-0.1, -0.05) is 19.3 Å². The molecule has 7 nitrogen and oxygen atoms in total. The lowest BCUT2D eigenvalue weighted by Crippen LogP contribution is -2.26. The highest BCUT2D eigenvalue weighted by Gasteiger charge is 2.22. The molecule has 2 aromatic heterocycles. The van der Waals surface area contributed by atoms with Crippen LogP contribution in [0.2, 0.25) is 0 Å². The van der Waals surface area contributed by atoms with Crippen LogP contribution < -0.4 is 10.1 Å². The molecular weight excluding hydrogens is 330 g/mol. The van der Waals surface area contributed by atoms with Crippen molar-refractivity contribution in [2.45, 2.75) is 64.0 Å². The van der Waals surface area contributed by atoms with Crippen LogP contribution in [0.3, 0.4) is 0 Å². The molecular formula is C19H25N5O2. The summed E-state index contributed by atoms with van der Waals surface area (Å²) in [6.45, 7) is 0.357. The molecule has 7 heteroatoms. The summed E-state index contributed by atoms with van der Waals surface area (Å²) < 4.78 is 7.47. The maximum atomic E-state index is 12.7. The van der Waals surface area contributed by atoms with Crippen LogP contribution in [0.1, 0.15) is 72.0 Å². The SMILES string of the molecule is COc1nc2c(cc1C(=O)NCc1nncn1C1CCCCC1)CCC2. The number of aryl methyl sites for hydroxylation is 2. The highest BCUT2D eigenvalue weighted by atomic mass is 16.5. The summed E-state index contributed by atoms with van der Waals surface area (Å²) in [5, 5.41) is 11.2. The van der Waals surface area contributed by atoms with E-state index < -0.39 is 0 Å². The predicted molar refractivity (Wildman–Crippen MR) is 96.1 cm³/mol. The molecule has 2 heterocycles. The molecule has 1 fully saturated rings. The van der Waals surface area contributed by atoms with E-state index in [1.165, 1.54) is 19.3 Å². The largest absolute Gasteiger partial charge is 0.480 e. The molecule has 26 heavy (non-hydrogen) atoms. The van der Waals surface area contributed by atoms with Crippen molar-refractivity contribution in [2.24, 2.45) is 0 Å². The molecule has 2 aliphatic rings. The fraction of sp³-hybridized carbons (Fsp3) is 0.579. The molecule has 0 aromatic carbocycles. The average Bonchev–Trinajstić information content (AvgIpc) is 3.34. The average molecular weight is 355 g/mol. The van der Waals surface area contributed by atoms with Gasteiger partial charge in [-0.15, -0.1) is 10.2 Å². The lowest BCUT2D eigenvalue weighted by molar-refractivity contribution is 0.0945. The summed E-state index contributed by atoms with van der Waals surface area (Å²) in [7, 11) is 1.56. The topological polar surface area (TPSA) is 81.9 Å². The number of pyridine rings is 1. The number of ether oxygens (including phenoxy) is 1. The molecule has 1 N–H and O–H groups in total. The zero-order valence-corrected chi connectivity index (χ0v) is 15.2. The van der Waals surface area contributed by atoms with E-state index in [1.807, 2.05) is 6.07 Å². The number of hydrogen-bond acceptors (Lipinski definition) is 5. The minimum absolute atomic E-state index is 0.178. The van der Waals surface area contributed by atoms with E-state index in [1.54, 1.807) is 13.4 Å². The Balaban J connectivity index is 1.47. The molecule has 0 atom stereocenters. The van der Waals surface area contributed by atoms with E-state index in [0.29, 0.717) is 24.0 Å². The molecule has 0 unspecified atom stereocenters. The maximum absolute atomic E-state index is 12.7.